The van der Waals surface area contributed by atoms with Crippen LogP contribution in [0.2, 0.25) is 0 Å². The molecule has 1 amide bonds. The van der Waals surface area contributed by atoms with Crippen molar-refractivity contribution in [3.05, 3.63) is 0 Å². The van der Waals surface area contributed by atoms with E-state index < -0.39 is 0 Å². The van der Waals surface area contributed by atoms with Crippen LogP contribution in [-0.4, -0.2) is 55.4 Å². The van der Waals surface area contributed by atoms with Crippen LogP contribution in [0.3, 0.4) is 0 Å². The zero-order valence-corrected chi connectivity index (χ0v) is 12.4. The lowest BCUT2D eigenvalue weighted by Gasteiger charge is -2.27. The number of rotatable bonds is 5. The maximum atomic E-state index is 12.2. The van der Waals surface area contributed by atoms with Crippen molar-refractivity contribution in [3.63, 3.8) is 0 Å². The molecule has 19 heavy (non-hydrogen) atoms. The number of ether oxygens (including phenoxy) is 2. The van der Waals surface area contributed by atoms with E-state index in [1.165, 1.54) is 0 Å². The van der Waals surface area contributed by atoms with E-state index in [9.17, 15) is 4.79 Å². The van der Waals surface area contributed by atoms with E-state index in [0.29, 0.717) is 13.2 Å². The summed E-state index contributed by atoms with van der Waals surface area (Å²) in [5, 5.41) is 0. The number of nitrogens with zero attached hydrogens (tertiary/aromatic N) is 1. The van der Waals surface area contributed by atoms with E-state index >= 15 is 0 Å². The van der Waals surface area contributed by atoms with Gasteiger partial charge >= 0.3 is 0 Å². The van der Waals surface area contributed by atoms with Crippen molar-refractivity contribution < 1.29 is 14.3 Å². The molecule has 112 valence electrons. The lowest BCUT2D eigenvalue weighted by atomic mass is 10.2. The molecule has 2 aliphatic rings. The van der Waals surface area contributed by atoms with Gasteiger partial charge in [-0.25, -0.2) is 0 Å². The van der Waals surface area contributed by atoms with Crippen molar-refractivity contribution in [2.45, 2.75) is 50.9 Å². The monoisotopic (exact) mass is 292 g/mol. The van der Waals surface area contributed by atoms with E-state index in [4.69, 9.17) is 15.2 Å². The molecule has 6 heteroatoms. The van der Waals surface area contributed by atoms with Crippen LogP contribution in [0.1, 0.15) is 32.6 Å². The van der Waals surface area contributed by atoms with Crippen molar-refractivity contribution in [3.8, 4) is 0 Å². The fourth-order valence-electron chi connectivity index (χ4n) is 2.70. The molecule has 5 nitrogen and oxygen atoms in total. The van der Waals surface area contributed by atoms with Crippen LogP contribution in [0, 0.1) is 0 Å². The first-order valence-electron chi connectivity index (χ1n) is 6.96. The molecule has 2 fully saturated rings. The molecule has 2 N–H and O–H groups in total. The summed E-state index contributed by atoms with van der Waals surface area (Å²) in [7, 11) is 0. The van der Waals surface area contributed by atoms with Crippen molar-refractivity contribution in [1.82, 2.24) is 4.90 Å². The summed E-state index contributed by atoms with van der Waals surface area (Å²) in [4.78, 5) is 14.1. The van der Waals surface area contributed by atoms with Crippen molar-refractivity contribution in [1.29, 1.82) is 0 Å². The molecule has 3 atom stereocenters. The number of amides is 1. The van der Waals surface area contributed by atoms with Gasteiger partial charge in [0.05, 0.1) is 12.7 Å². The maximum absolute atomic E-state index is 12.2. The Morgan fingerprint density at radius 3 is 2.89 bits per heavy atom. The summed E-state index contributed by atoms with van der Waals surface area (Å²) in [5.41, 5.74) is 5.68. The molecule has 0 radical (unpaired) electrons. The van der Waals surface area contributed by atoms with Gasteiger partial charge in [-0.2, -0.15) is 0 Å². The SMILES string of the molecule is CC(OCC1CCCO1)C(=O)N1CCCC1CN.Cl. The fourth-order valence-corrected chi connectivity index (χ4v) is 2.70. The van der Waals surface area contributed by atoms with Crippen molar-refractivity contribution >= 4 is 18.3 Å². The standard InChI is InChI=1S/C13H24N2O3.ClH/c1-10(18-9-12-5-3-7-17-12)13(16)15-6-2-4-11(15)8-14;/h10-12H,2-9,14H2,1H3;1H. The van der Waals surface area contributed by atoms with E-state index in [1.807, 2.05) is 11.8 Å². The number of carbonyl (C=O) groups is 1. The number of hydrogen-bond donors (Lipinski definition) is 1. The van der Waals surface area contributed by atoms with Crippen LogP contribution >= 0.6 is 12.4 Å². The number of hydrogen-bond acceptors (Lipinski definition) is 4. The zero-order valence-electron chi connectivity index (χ0n) is 11.5. The Kier molecular flexibility index (Phi) is 7.07. The Hall–Kier alpha value is -0.360. The summed E-state index contributed by atoms with van der Waals surface area (Å²) >= 11 is 0. The quantitative estimate of drug-likeness (QED) is 0.819. The summed E-state index contributed by atoms with van der Waals surface area (Å²) in [6, 6.07) is 0.200. The highest BCUT2D eigenvalue weighted by Crippen LogP contribution is 2.19. The highest BCUT2D eigenvalue weighted by molar-refractivity contribution is 5.85. The molecule has 0 saturated carbocycles. The molecule has 0 aromatic rings. The second kappa shape index (κ2) is 8.04. The Morgan fingerprint density at radius 2 is 2.26 bits per heavy atom. The Balaban J connectivity index is 0.00000180. The van der Waals surface area contributed by atoms with Crippen LogP contribution in [0.4, 0.5) is 0 Å². The van der Waals surface area contributed by atoms with Crippen LogP contribution < -0.4 is 5.73 Å². The summed E-state index contributed by atoms with van der Waals surface area (Å²) in [6.45, 7) is 4.52. The van der Waals surface area contributed by atoms with E-state index in [-0.39, 0.29) is 36.6 Å². The van der Waals surface area contributed by atoms with Crippen LogP contribution in [0.25, 0.3) is 0 Å². The van der Waals surface area contributed by atoms with Gasteiger partial charge in [0.2, 0.25) is 0 Å². The minimum atomic E-state index is -0.388. The molecule has 0 aliphatic carbocycles. The molecule has 2 heterocycles. The predicted octanol–water partition coefficient (Wildman–Crippen LogP) is 0.942. The molecule has 0 bridgehead atoms. The lowest BCUT2D eigenvalue weighted by Crippen LogP contribution is -2.45. The van der Waals surface area contributed by atoms with Gasteiger partial charge in [0.1, 0.15) is 6.10 Å². The smallest absolute Gasteiger partial charge is 0.251 e. The average Bonchev–Trinajstić information content (AvgIpc) is 3.05. The van der Waals surface area contributed by atoms with Crippen molar-refractivity contribution in [2.75, 3.05) is 26.3 Å². The first-order chi connectivity index (χ1) is 8.72. The maximum Gasteiger partial charge on any atom is 0.251 e. The summed E-state index contributed by atoms with van der Waals surface area (Å²) in [6.07, 6.45) is 3.98. The molecule has 0 spiro atoms. The zero-order chi connectivity index (χ0) is 13.0. The van der Waals surface area contributed by atoms with Gasteiger partial charge < -0.3 is 20.1 Å². The minimum absolute atomic E-state index is 0. The lowest BCUT2D eigenvalue weighted by molar-refractivity contribution is -0.145. The molecule has 0 aromatic heterocycles. The van der Waals surface area contributed by atoms with E-state index in [0.717, 1.165) is 38.8 Å². The average molecular weight is 293 g/mol. The summed E-state index contributed by atoms with van der Waals surface area (Å²) in [5.74, 6) is 0.0703. The normalized spacial score (nSPS) is 28.2. The van der Waals surface area contributed by atoms with Gasteiger partial charge in [-0.3, -0.25) is 4.79 Å². The van der Waals surface area contributed by atoms with Gasteiger partial charge in [0.25, 0.3) is 5.91 Å². The van der Waals surface area contributed by atoms with Gasteiger partial charge in [0.15, 0.2) is 0 Å². The highest BCUT2D eigenvalue weighted by Gasteiger charge is 2.31. The first-order valence-corrected chi connectivity index (χ1v) is 6.96. The third-order valence-corrected chi connectivity index (χ3v) is 3.84. The number of likely N-dealkylation sites (tertiary alicyclic amines) is 1. The predicted molar refractivity (Wildman–Crippen MR) is 75.4 cm³/mol. The van der Waals surface area contributed by atoms with Crippen LogP contribution in [0.15, 0.2) is 0 Å². The Bertz CT molecular complexity index is 285. The molecular formula is C13H25ClN2O3. The fraction of sp³-hybridized carbons (Fsp3) is 0.923. The second-order valence-corrected chi connectivity index (χ2v) is 5.17. The van der Waals surface area contributed by atoms with Gasteiger partial charge in [-0.1, -0.05) is 0 Å². The van der Waals surface area contributed by atoms with Gasteiger partial charge in [-0.05, 0) is 32.6 Å². The third-order valence-electron chi connectivity index (χ3n) is 3.84. The Labute approximate surface area is 121 Å². The van der Waals surface area contributed by atoms with Crippen LogP contribution in [-0.2, 0) is 14.3 Å². The van der Waals surface area contributed by atoms with Gasteiger partial charge in [-0.15, -0.1) is 12.4 Å². The molecular weight excluding hydrogens is 268 g/mol. The van der Waals surface area contributed by atoms with E-state index in [1.54, 1.807) is 0 Å². The van der Waals surface area contributed by atoms with E-state index in [2.05, 4.69) is 0 Å². The number of carbonyl (C=O) groups excluding carboxylic acids is 1. The third kappa shape index (κ3) is 4.31. The Morgan fingerprint density at radius 1 is 1.47 bits per heavy atom. The largest absolute Gasteiger partial charge is 0.376 e. The molecule has 3 unspecified atom stereocenters. The number of nitrogens with two attached hydrogens (primary N) is 1. The number of halogens is 1. The molecule has 0 aromatic carbocycles. The van der Waals surface area contributed by atoms with Crippen molar-refractivity contribution in [2.24, 2.45) is 5.73 Å². The molecule has 2 saturated heterocycles. The van der Waals surface area contributed by atoms with Gasteiger partial charge in [0, 0.05) is 25.7 Å². The molecule has 2 rings (SSSR count). The molecule has 2 aliphatic heterocycles. The summed E-state index contributed by atoms with van der Waals surface area (Å²) < 4.78 is 11.1. The first kappa shape index (κ1) is 16.7. The minimum Gasteiger partial charge on any atom is -0.376 e. The van der Waals surface area contributed by atoms with Crippen LogP contribution in [0.5, 0.6) is 0 Å². The highest BCUT2D eigenvalue weighted by atomic mass is 35.5. The topological polar surface area (TPSA) is 64.8 Å². The second-order valence-electron chi connectivity index (χ2n) is 5.17.